The highest BCUT2D eigenvalue weighted by molar-refractivity contribution is 9.10. The summed E-state index contributed by atoms with van der Waals surface area (Å²) < 4.78 is 33.1. The Morgan fingerprint density at radius 3 is 1.56 bits per heavy atom. The molecule has 0 nitrogen and oxygen atoms in total. The molecule has 0 saturated heterocycles. The van der Waals surface area contributed by atoms with Crippen LogP contribution >= 0.6 is 39.1 Å². The minimum Gasteiger partial charge on any atom is -0.169 e. The Bertz CT molecular complexity index is 91.5. The number of rotatable bonds is 1. The largest absolute Gasteiger partial charge is 0.407 e. The number of halogens is 6. The first-order valence-corrected chi connectivity index (χ1v) is 3.63. The van der Waals surface area contributed by atoms with Gasteiger partial charge in [-0.1, -0.05) is 15.9 Å². The smallest absolute Gasteiger partial charge is 0.169 e. The standard InChI is InChI=1S/C3H2BrCl2F3/c4-2(6)1(5)3(7,8)9/h1-2H. The molecule has 6 heteroatoms. The molecule has 0 aromatic carbocycles. The Morgan fingerprint density at radius 1 is 1.22 bits per heavy atom. The second-order valence-corrected chi connectivity index (χ2v) is 3.73. The number of hydrogen-bond donors (Lipinski definition) is 0. The summed E-state index contributed by atoms with van der Waals surface area (Å²) >= 11 is 12.3. The lowest BCUT2D eigenvalue weighted by Crippen LogP contribution is -2.28. The van der Waals surface area contributed by atoms with E-state index in [2.05, 4.69) is 15.9 Å². The van der Waals surface area contributed by atoms with Crippen molar-refractivity contribution in [3.05, 3.63) is 0 Å². The Hall–Kier alpha value is 0.850. The topological polar surface area (TPSA) is 0 Å². The molecule has 9 heavy (non-hydrogen) atoms. The van der Waals surface area contributed by atoms with Crippen LogP contribution in [0.25, 0.3) is 0 Å². The van der Waals surface area contributed by atoms with Crippen molar-refractivity contribution in [3.8, 4) is 0 Å². The van der Waals surface area contributed by atoms with Crippen LogP contribution in [-0.2, 0) is 0 Å². The Balaban J connectivity index is 3.88. The summed E-state index contributed by atoms with van der Waals surface area (Å²) in [5.41, 5.74) is 0. The van der Waals surface area contributed by atoms with Crippen molar-refractivity contribution in [1.29, 1.82) is 0 Å². The summed E-state index contributed by atoms with van der Waals surface area (Å²) in [6.45, 7) is 0. The number of hydrogen-bond acceptors (Lipinski definition) is 0. The lowest BCUT2D eigenvalue weighted by Gasteiger charge is -2.13. The van der Waals surface area contributed by atoms with E-state index in [4.69, 9.17) is 23.2 Å². The summed E-state index contributed by atoms with van der Waals surface area (Å²) in [6, 6.07) is 0. The van der Waals surface area contributed by atoms with Crippen LogP contribution in [0.1, 0.15) is 0 Å². The summed E-state index contributed by atoms with van der Waals surface area (Å²) in [7, 11) is 0. The van der Waals surface area contributed by atoms with Crippen LogP contribution in [0.5, 0.6) is 0 Å². The van der Waals surface area contributed by atoms with Crippen molar-refractivity contribution in [3.63, 3.8) is 0 Å². The summed E-state index contributed by atoms with van der Waals surface area (Å²) in [5, 5.41) is -2.03. The van der Waals surface area contributed by atoms with Gasteiger partial charge in [0.15, 0.2) is 5.38 Å². The van der Waals surface area contributed by atoms with E-state index in [-0.39, 0.29) is 0 Å². The highest BCUT2D eigenvalue weighted by Crippen LogP contribution is 2.32. The zero-order chi connectivity index (χ0) is 7.65. The van der Waals surface area contributed by atoms with Gasteiger partial charge < -0.3 is 0 Å². The third-order valence-corrected chi connectivity index (χ3v) is 2.25. The fourth-order valence-electron chi connectivity index (χ4n) is 0.143. The third-order valence-electron chi connectivity index (χ3n) is 0.534. The molecular weight excluding hydrogens is 244 g/mol. The fraction of sp³-hybridized carbons (Fsp3) is 1.00. The van der Waals surface area contributed by atoms with E-state index in [9.17, 15) is 13.2 Å². The molecule has 2 unspecified atom stereocenters. The molecule has 0 aromatic heterocycles. The predicted octanol–water partition coefficient (Wildman–Crippen LogP) is 3.12. The van der Waals surface area contributed by atoms with Crippen LogP contribution in [0, 0.1) is 0 Å². The van der Waals surface area contributed by atoms with E-state index in [1.807, 2.05) is 0 Å². The predicted molar refractivity (Wildman–Crippen MR) is 34.3 cm³/mol. The quantitative estimate of drug-likeness (QED) is 0.623. The van der Waals surface area contributed by atoms with Crippen molar-refractivity contribution in [2.45, 2.75) is 15.8 Å². The van der Waals surface area contributed by atoms with E-state index in [1.54, 1.807) is 0 Å². The van der Waals surface area contributed by atoms with E-state index >= 15 is 0 Å². The average Bonchev–Trinajstić information content (AvgIpc) is 1.62. The first-order chi connectivity index (χ1) is 3.85. The van der Waals surface area contributed by atoms with Gasteiger partial charge in [0, 0.05) is 0 Å². The van der Waals surface area contributed by atoms with Crippen LogP contribution < -0.4 is 0 Å². The summed E-state index contributed by atoms with van der Waals surface area (Å²) in [5.74, 6) is 0. The van der Waals surface area contributed by atoms with Gasteiger partial charge in [-0.2, -0.15) is 13.2 Å². The summed E-state index contributed by atoms with van der Waals surface area (Å²) in [6.07, 6.45) is -4.43. The van der Waals surface area contributed by atoms with Gasteiger partial charge in [-0.25, -0.2) is 0 Å². The minimum absolute atomic E-state index is 1.26. The maximum absolute atomic E-state index is 11.5. The van der Waals surface area contributed by atoms with Gasteiger partial charge in [-0.15, -0.1) is 23.2 Å². The van der Waals surface area contributed by atoms with Gasteiger partial charge in [0.05, 0.1) is 0 Å². The molecule has 0 aliphatic carbocycles. The van der Waals surface area contributed by atoms with Crippen LogP contribution in [0.4, 0.5) is 13.2 Å². The first-order valence-electron chi connectivity index (χ1n) is 1.84. The molecule has 0 rings (SSSR count). The molecule has 56 valence electrons. The van der Waals surface area contributed by atoms with Gasteiger partial charge in [0.1, 0.15) is 4.29 Å². The molecule has 0 saturated carbocycles. The van der Waals surface area contributed by atoms with E-state index < -0.39 is 15.8 Å². The van der Waals surface area contributed by atoms with Gasteiger partial charge in [0.25, 0.3) is 0 Å². The normalized spacial score (nSPS) is 19.3. The molecule has 0 heterocycles. The SMILES string of the molecule is FC(F)(F)C(Cl)C(Cl)Br. The molecule has 0 N–H and O–H groups in total. The highest BCUT2D eigenvalue weighted by atomic mass is 79.9. The molecule has 0 radical (unpaired) electrons. The number of alkyl halides is 6. The molecule has 0 spiro atoms. The van der Waals surface area contributed by atoms with Crippen molar-refractivity contribution in [1.82, 2.24) is 0 Å². The van der Waals surface area contributed by atoms with E-state index in [1.165, 1.54) is 0 Å². The van der Waals surface area contributed by atoms with Crippen molar-refractivity contribution < 1.29 is 13.2 Å². The van der Waals surface area contributed by atoms with Gasteiger partial charge in [-0.05, 0) is 0 Å². The highest BCUT2D eigenvalue weighted by Gasteiger charge is 2.41. The molecule has 0 aliphatic rings. The van der Waals surface area contributed by atoms with Gasteiger partial charge in [-0.3, -0.25) is 0 Å². The van der Waals surface area contributed by atoms with Crippen LogP contribution in [0.15, 0.2) is 0 Å². The monoisotopic (exact) mass is 244 g/mol. The molecule has 0 fully saturated rings. The van der Waals surface area contributed by atoms with Crippen molar-refractivity contribution in [2.24, 2.45) is 0 Å². The fourth-order valence-corrected chi connectivity index (χ4v) is 0.585. The Labute approximate surface area is 68.4 Å². The van der Waals surface area contributed by atoms with Crippen LogP contribution in [0.3, 0.4) is 0 Å². The second-order valence-electron chi connectivity index (χ2n) is 1.28. The maximum atomic E-state index is 11.5. The maximum Gasteiger partial charge on any atom is 0.407 e. The Kier molecular flexibility index (Phi) is 3.61. The van der Waals surface area contributed by atoms with E-state index in [0.29, 0.717) is 0 Å². The molecule has 2 atom stereocenters. The van der Waals surface area contributed by atoms with Gasteiger partial charge >= 0.3 is 6.18 Å². The third kappa shape index (κ3) is 3.53. The van der Waals surface area contributed by atoms with Gasteiger partial charge in [0.2, 0.25) is 0 Å². The zero-order valence-corrected chi connectivity index (χ0v) is 7.02. The molecule has 0 amide bonds. The lowest BCUT2D eigenvalue weighted by molar-refractivity contribution is -0.127. The average molecular weight is 246 g/mol. The van der Waals surface area contributed by atoms with Crippen molar-refractivity contribution >= 4 is 39.1 Å². The lowest BCUT2D eigenvalue weighted by atomic mass is 10.5. The zero-order valence-electron chi connectivity index (χ0n) is 3.92. The second kappa shape index (κ2) is 3.30. The van der Waals surface area contributed by atoms with E-state index in [0.717, 1.165) is 0 Å². The minimum atomic E-state index is -4.43. The molecule has 0 aromatic rings. The van der Waals surface area contributed by atoms with Crippen LogP contribution in [0.2, 0.25) is 0 Å². The molecular formula is C3H2BrCl2F3. The summed E-state index contributed by atoms with van der Waals surface area (Å²) in [4.78, 5) is 0. The first kappa shape index (κ1) is 9.85. The van der Waals surface area contributed by atoms with Crippen LogP contribution in [-0.4, -0.2) is 15.8 Å². The molecule has 0 aliphatic heterocycles. The Morgan fingerprint density at radius 2 is 1.56 bits per heavy atom. The molecule has 0 bridgehead atoms. The van der Waals surface area contributed by atoms with Crippen molar-refractivity contribution in [2.75, 3.05) is 0 Å².